The number of anilines is 2. The molecule has 3 rings (SSSR count). The van der Waals surface area contributed by atoms with Gasteiger partial charge in [0.1, 0.15) is 11.5 Å². The van der Waals surface area contributed by atoms with Gasteiger partial charge in [-0.3, -0.25) is 20.2 Å². The summed E-state index contributed by atoms with van der Waals surface area (Å²) >= 11 is 0. The van der Waals surface area contributed by atoms with Crippen LogP contribution < -0.4 is 9.80 Å². The maximum Gasteiger partial charge on any atom is 0.417 e. The summed E-state index contributed by atoms with van der Waals surface area (Å²) in [5, 5.41) is 22.9. The molecule has 1 aromatic heterocycles. The molecule has 0 saturated carbocycles. The Balaban J connectivity index is 1.93. The number of non-ortho nitro benzene ring substituents is 1. The lowest BCUT2D eigenvalue weighted by atomic mass is 10.1. The summed E-state index contributed by atoms with van der Waals surface area (Å²) in [7, 11) is 1.05. The van der Waals surface area contributed by atoms with Crippen LogP contribution in [0.1, 0.15) is 22.3 Å². The molecule has 2 aromatic rings. The Labute approximate surface area is 184 Å². The zero-order valence-corrected chi connectivity index (χ0v) is 17.2. The quantitative estimate of drug-likeness (QED) is 0.367. The van der Waals surface area contributed by atoms with Crippen molar-refractivity contribution in [1.29, 1.82) is 0 Å². The van der Waals surface area contributed by atoms with Crippen molar-refractivity contribution in [2.45, 2.75) is 12.6 Å². The van der Waals surface area contributed by atoms with E-state index >= 15 is 0 Å². The second-order valence-electron chi connectivity index (χ2n) is 7.10. The molecule has 33 heavy (non-hydrogen) atoms. The number of carbonyl (C=O) groups is 1. The van der Waals surface area contributed by atoms with Crippen molar-refractivity contribution in [3.05, 3.63) is 61.8 Å². The monoisotopic (exact) mass is 469 g/mol. The van der Waals surface area contributed by atoms with Gasteiger partial charge in [0.05, 0.1) is 34.1 Å². The van der Waals surface area contributed by atoms with Gasteiger partial charge in [-0.2, -0.15) is 13.2 Å². The first-order valence-electron chi connectivity index (χ1n) is 9.61. The Morgan fingerprint density at radius 3 is 2.27 bits per heavy atom. The number of hydrogen-bond donors (Lipinski definition) is 0. The third-order valence-corrected chi connectivity index (χ3v) is 5.10. The van der Waals surface area contributed by atoms with E-state index in [9.17, 15) is 38.2 Å². The van der Waals surface area contributed by atoms with E-state index < -0.39 is 38.9 Å². The summed E-state index contributed by atoms with van der Waals surface area (Å²) in [6.45, 7) is 1.02. The van der Waals surface area contributed by atoms with Crippen LogP contribution in [-0.4, -0.2) is 54.1 Å². The van der Waals surface area contributed by atoms with Gasteiger partial charge in [0.25, 0.3) is 11.4 Å². The SMILES string of the molecule is COC(=O)c1cc([N+](=O)[O-])cc([N+](=O)[O-])c1N1CCCN(c2ccc(C(F)(F)F)cn2)CC1. The Bertz CT molecular complexity index is 1080. The number of esters is 1. The predicted octanol–water partition coefficient (Wildman–Crippen LogP) is 3.42. The van der Waals surface area contributed by atoms with Gasteiger partial charge in [-0.15, -0.1) is 0 Å². The molecule has 11 nitrogen and oxygen atoms in total. The number of alkyl halides is 3. The number of ether oxygens (including phenoxy) is 1. The second kappa shape index (κ2) is 9.26. The number of nitro benzene ring substituents is 2. The molecule has 1 fully saturated rings. The molecule has 0 spiro atoms. The van der Waals surface area contributed by atoms with Crippen LogP contribution in [0.15, 0.2) is 30.5 Å². The van der Waals surface area contributed by atoms with Crippen molar-refractivity contribution in [1.82, 2.24) is 4.98 Å². The van der Waals surface area contributed by atoms with Gasteiger partial charge in [-0.1, -0.05) is 0 Å². The van der Waals surface area contributed by atoms with Crippen LogP contribution in [0.3, 0.4) is 0 Å². The lowest BCUT2D eigenvalue weighted by molar-refractivity contribution is -0.393. The number of nitro groups is 2. The zero-order chi connectivity index (χ0) is 24.3. The maximum absolute atomic E-state index is 12.8. The number of methoxy groups -OCH3 is 1. The second-order valence-corrected chi connectivity index (χ2v) is 7.10. The molecule has 14 heteroatoms. The molecule has 0 amide bonds. The molecule has 2 heterocycles. The Morgan fingerprint density at radius 2 is 1.73 bits per heavy atom. The predicted molar refractivity (Wildman–Crippen MR) is 109 cm³/mol. The van der Waals surface area contributed by atoms with E-state index in [1.165, 1.54) is 11.0 Å². The van der Waals surface area contributed by atoms with Crippen molar-refractivity contribution in [3.8, 4) is 0 Å². The smallest absolute Gasteiger partial charge is 0.417 e. The third kappa shape index (κ3) is 5.10. The van der Waals surface area contributed by atoms with Crippen LogP contribution in [0.25, 0.3) is 0 Å². The molecule has 1 aliphatic rings. The number of aromatic nitrogens is 1. The van der Waals surface area contributed by atoms with Crippen LogP contribution in [0.5, 0.6) is 0 Å². The minimum atomic E-state index is -4.51. The zero-order valence-electron chi connectivity index (χ0n) is 17.2. The molecular formula is C19H18F3N5O6. The van der Waals surface area contributed by atoms with Gasteiger partial charge in [0.15, 0.2) is 0 Å². The maximum atomic E-state index is 12.8. The number of halogens is 3. The molecule has 0 unspecified atom stereocenters. The van der Waals surface area contributed by atoms with Gasteiger partial charge < -0.3 is 14.5 Å². The average Bonchev–Trinajstić information content (AvgIpc) is 3.03. The highest BCUT2D eigenvalue weighted by Gasteiger charge is 2.33. The fourth-order valence-electron chi connectivity index (χ4n) is 3.56. The highest BCUT2D eigenvalue weighted by molar-refractivity contribution is 5.99. The fraction of sp³-hybridized carbons (Fsp3) is 0.368. The van der Waals surface area contributed by atoms with Crippen molar-refractivity contribution in [2.24, 2.45) is 0 Å². The van der Waals surface area contributed by atoms with Gasteiger partial charge >= 0.3 is 12.1 Å². The molecule has 176 valence electrons. The molecule has 0 aliphatic carbocycles. The summed E-state index contributed by atoms with van der Waals surface area (Å²) in [6, 6.07) is 3.87. The topological polar surface area (TPSA) is 132 Å². The molecule has 1 saturated heterocycles. The van der Waals surface area contributed by atoms with Gasteiger partial charge in [0, 0.05) is 38.4 Å². The van der Waals surface area contributed by atoms with Gasteiger partial charge in [0.2, 0.25) is 0 Å². The first kappa shape index (κ1) is 23.7. The third-order valence-electron chi connectivity index (χ3n) is 5.10. The van der Waals surface area contributed by atoms with E-state index in [4.69, 9.17) is 0 Å². The number of hydrogen-bond acceptors (Lipinski definition) is 9. The van der Waals surface area contributed by atoms with E-state index in [0.29, 0.717) is 18.8 Å². The van der Waals surface area contributed by atoms with Crippen LogP contribution >= 0.6 is 0 Å². The minimum absolute atomic E-state index is 0.111. The standard InChI is InChI=1S/C19H18F3N5O6/c1-33-18(28)14-9-13(26(29)30)10-15(27(31)32)17(14)25-6-2-5-24(7-8-25)16-4-3-12(11-23-16)19(20,21)22/h3-4,9-11H,2,5-8H2,1H3. The van der Waals surface area contributed by atoms with E-state index in [1.807, 2.05) is 0 Å². The largest absolute Gasteiger partial charge is 0.465 e. The molecule has 0 radical (unpaired) electrons. The van der Waals surface area contributed by atoms with E-state index in [-0.39, 0.29) is 30.9 Å². The van der Waals surface area contributed by atoms with Crippen molar-refractivity contribution < 1.29 is 32.5 Å². The number of carbonyl (C=O) groups excluding carboxylic acids is 1. The number of benzene rings is 1. The lowest BCUT2D eigenvalue weighted by Gasteiger charge is -2.25. The molecule has 1 aliphatic heterocycles. The molecule has 0 N–H and O–H groups in total. The van der Waals surface area contributed by atoms with E-state index in [2.05, 4.69) is 9.72 Å². The molecule has 1 aromatic carbocycles. The van der Waals surface area contributed by atoms with Crippen LogP contribution in [0.2, 0.25) is 0 Å². The number of pyridine rings is 1. The van der Waals surface area contributed by atoms with E-state index in [1.54, 1.807) is 4.90 Å². The molecule has 0 bridgehead atoms. The van der Waals surface area contributed by atoms with Crippen molar-refractivity contribution in [3.63, 3.8) is 0 Å². The van der Waals surface area contributed by atoms with Crippen LogP contribution in [-0.2, 0) is 10.9 Å². The van der Waals surface area contributed by atoms with Crippen LogP contribution in [0, 0.1) is 20.2 Å². The first-order chi connectivity index (χ1) is 15.5. The lowest BCUT2D eigenvalue weighted by Crippen LogP contribution is -2.32. The summed E-state index contributed by atoms with van der Waals surface area (Å²) in [5.74, 6) is -0.668. The average molecular weight is 469 g/mol. The normalized spacial score (nSPS) is 14.5. The van der Waals surface area contributed by atoms with Gasteiger partial charge in [-0.25, -0.2) is 9.78 Å². The first-order valence-corrected chi connectivity index (χ1v) is 9.61. The van der Waals surface area contributed by atoms with Gasteiger partial charge in [-0.05, 0) is 18.6 Å². The number of nitrogens with zero attached hydrogens (tertiary/aromatic N) is 5. The summed E-state index contributed by atoms with van der Waals surface area (Å²) in [6.07, 6.45) is -3.35. The molecular weight excluding hydrogens is 451 g/mol. The summed E-state index contributed by atoms with van der Waals surface area (Å²) < 4.78 is 43.0. The minimum Gasteiger partial charge on any atom is -0.465 e. The number of rotatable bonds is 5. The Kier molecular flexibility index (Phi) is 6.65. The van der Waals surface area contributed by atoms with E-state index in [0.717, 1.165) is 31.5 Å². The van der Waals surface area contributed by atoms with Crippen molar-refractivity contribution >= 4 is 28.8 Å². The Morgan fingerprint density at radius 1 is 1.06 bits per heavy atom. The summed E-state index contributed by atoms with van der Waals surface area (Å²) in [4.78, 5) is 40.7. The van der Waals surface area contributed by atoms with Crippen LogP contribution in [0.4, 0.5) is 36.1 Å². The fourth-order valence-corrected chi connectivity index (χ4v) is 3.56. The van der Waals surface area contributed by atoms with Crippen molar-refractivity contribution in [2.75, 3.05) is 43.1 Å². The Hall–Kier alpha value is -3.97. The highest BCUT2D eigenvalue weighted by atomic mass is 19.4. The molecule has 0 atom stereocenters. The summed E-state index contributed by atoms with van der Waals surface area (Å²) in [5.41, 5.74) is -2.56. The highest BCUT2D eigenvalue weighted by Crippen LogP contribution is 2.37.